The second-order valence-corrected chi connectivity index (χ2v) is 4.71. The molecule has 0 saturated heterocycles. The van der Waals surface area contributed by atoms with Crippen LogP contribution in [-0.2, 0) is 7.05 Å². The van der Waals surface area contributed by atoms with Crippen LogP contribution in [0.1, 0.15) is 35.3 Å². The third-order valence-electron chi connectivity index (χ3n) is 3.40. The lowest BCUT2D eigenvalue weighted by Gasteiger charge is -2.18. The lowest BCUT2D eigenvalue weighted by Crippen LogP contribution is -2.22. The summed E-state index contributed by atoms with van der Waals surface area (Å²) in [6.07, 6.45) is 1.96. The van der Waals surface area contributed by atoms with Crippen LogP contribution >= 0.6 is 0 Å². The molecule has 0 bridgehead atoms. The largest absolute Gasteiger partial charge is 0.306 e. The maximum Gasteiger partial charge on any atom is 0.0610 e. The van der Waals surface area contributed by atoms with E-state index in [4.69, 9.17) is 0 Å². The highest BCUT2D eigenvalue weighted by molar-refractivity contribution is 5.34. The standard InChI is InChI=1S/C15H21N3/c1-5-16-15(13-8-6-11(2)7-9-13)14-10-17-18(4)12(14)3/h6-10,15-16H,5H2,1-4H3. The normalized spacial score (nSPS) is 12.7. The van der Waals surface area contributed by atoms with Crippen molar-refractivity contribution in [1.82, 2.24) is 15.1 Å². The summed E-state index contributed by atoms with van der Waals surface area (Å²) in [4.78, 5) is 0. The number of rotatable bonds is 4. The van der Waals surface area contributed by atoms with Gasteiger partial charge in [0.15, 0.2) is 0 Å². The fraction of sp³-hybridized carbons (Fsp3) is 0.400. The summed E-state index contributed by atoms with van der Waals surface area (Å²) in [5.74, 6) is 0. The first kappa shape index (κ1) is 12.8. The molecule has 0 aliphatic heterocycles. The van der Waals surface area contributed by atoms with Gasteiger partial charge in [-0.1, -0.05) is 36.8 Å². The van der Waals surface area contributed by atoms with Gasteiger partial charge in [-0.15, -0.1) is 0 Å². The Morgan fingerprint density at radius 1 is 1.22 bits per heavy atom. The van der Waals surface area contributed by atoms with E-state index in [0.717, 1.165) is 6.54 Å². The Hall–Kier alpha value is -1.61. The molecule has 3 nitrogen and oxygen atoms in total. The van der Waals surface area contributed by atoms with Crippen LogP contribution in [0.15, 0.2) is 30.5 Å². The zero-order valence-corrected chi connectivity index (χ0v) is 11.6. The summed E-state index contributed by atoms with van der Waals surface area (Å²) in [6.45, 7) is 7.29. The van der Waals surface area contributed by atoms with Crippen LogP contribution in [0.5, 0.6) is 0 Å². The molecule has 18 heavy (non-hydrogen) atoms. The van der Waals surface area contributed by atoms with E-state index in [2.05, 4.69) is 55.5 Å². The number of aromatic nitrogens is 2. The van der Waals surface area contributed by atoms with Gasteiger partial charge in [-0.25, -0.2) is 0 Å². The van der Waals surface area contributed by atoms with Crippen molar-refractivity contribution in [3.63, 3.8) is 0 Å². The minimum absolute atomic E-state index is 0.226. The molecule has 0 radical (unpaired) electrons. The Labute approximate surface area is 109 Å². The predicted octanol–water partition coefficient (Wildman–Crippen LogP) is 2.74. The molecule has 0 aliphatic rings. The molecule has 2 rings (SSSR count). The van der Waals surface area contributed by atoms with E-state index in [9.17, 15) is 0 Å². The Morgan fingerprint density at radius 3 is 2.39 bits per heavy atom. The second kappa shape index (κ2) is 5.36. The zero-order chi connectivity index (χ0) is 13.1. The molecule has 1 aromatic heterocycles. The van der Waals surface area contributed by atoms with Gasteiger partial charge in [0, 0.05) is 18.3 Å². The highest BCUT2D eigenvalue weighted by Gasteiger charge is 2.17. The molecule has 1 atom stereocenters. The third-order valence-corrected chi connectivity index (χ3v) is 3.40. The molecule has 1 unspecified atom stereocenters. The molecule has 1 heterocycles. The first-order chi connectivity index (χ1) is 8.63. The number of benzene rings is 1. The van der Waals surface area contributed by atoms with Crippen molar-refractivity contribution in [2.45, 2.75) is 26.8 Å². The molecule has 2 aromatic rings. The van der Waals surface area contributed by atoms with E-state index in [1.165, 1.54) is 22.4 Å². The van der Waals surface area contributed by atoms with Gasteiger partial charge in [0.1, 0.15) is 0 Å². The molecule has 0 saturated carbocycles. The van der Waals surface area contributed by atoms with Gasteiger partial charge in [-0.2, -0.15) is 5.10 Å². The molecule has 1 aromatic carbocycles. The fourth-order valence-electron chi connectivity index (χ4n) is 2.17. The van der Waals surface area contributed by atoms with Gasteiger partial charge in [0.2, 0.25) is 0 Å². The van der Waals surface area contributed by atoms with Gasteiger partial charge in [-0.05, 0) is 26.0 Å². The average molecular weight is 243 g/mol. The summed E-state index contributed by atoms with van der Waals surface area (Å²) < 4.78 is 1.92. The second-order valence-electron chi connectivity index (χ2n) is 4.71. The number of aryl methyl sites for hydroxylation is 2. The van der Waals surface area contributed by atoms with Crippen molar-refractivity contribution in [2.75, 3.05) is 6.54 Å². The third kappa shape index (κ3) is 2.46. The molecular weight excluding hydrogens is 222 g/mol. The molecule has 1 N–H and O–H groups in total. The van der Waals surface area contributed by atoms with E-state index >= 15 is 0 Å². The SMILES string of the molecule is CCNC(c1ccc(C)cc1)c1cnn(C)c1C. The molecular formula is C15H21N3. The van der Waals surface area contributed by atoms with Gasteiger partial charge >= 0.3 is 0 Å². The maximum absolute atomic E-state index is 4.34. The molecule has 0 amide bonds. The summed E-state index contributed by atoms with van der Waals surface area (Å²) in [7, 11) is 1.98. The summed E-state index contributed by atoms with van der Waals surface area (Å²) in [5.41, 5.74) is 5.04. The van der Waals surface area contributed by atoms with Crippen LogP contribution < -0.4 is 5.32 Å². The van der Waals surface area contributed by atoms with Crippen molar-refractivity contribution in [3.05, 3.63) is 52.8 Å². The van der Waals surface area contributed by atoms with Crippen molar-refractivity contribution >= 4 is 0 Å². The smallest absolute Gasteiger partial charge is 0.0610 e. The van der Waals surface area contributed by atoms with E-state index in [0.29, 0.717) is 0 Å². The minimum atomic E-state index is 0.226. The van der Waals surface area contributed by atoms with Gasteiger partial charge in [-0.3, -0.25) is 4.68 Å². The van der Waals surface area contributed by atoms with Crippen LogP contribution in [0.3, 0.4) is 0 Å². The Bertz CT molecular complexity index is 511. The van der Waals surface area contributed by atoms with Gasteiger partial charge in [0.05, 0.1) is 12.2 Å². The van der Waals surface area contributed by atoms with Crippen molar-refractivity contribution in [1.29, 1.82) is 0 Å². The van der Waals surface area contributed by atoms with Crippen LogP contribution in [0.25, 0.3) is 0 Å². The van der Waals surface area contributed by atoms with Crippen molar-refractivity contribution < 1.29 is 0 Å². The molecule has 0 spiro atoms. The number of hydrogen-bond donors (Lipinski definition) is 1. The number of hydrogen-bond acceptors (Lipinski definition) is 2. The van der Waals surface area contributed by atoms with Crippen LogP contribution in [0.2, 0.25) is 0 Å². The summed E-state index contributed by atoms with van der Waals surface area (Å²) in [6, 6.07) is 8.92. The first-order valence-electron chi connectivity index (χ1n) is 6.42. The van der Waals surface area contributed by atoms with Crippen molar-refractivity contribution in [2.24, 2.45) is 7.05 Å². The van der Waals surface area contributed by atoms with E-state index in [1.807, 2.05) is 17.9 Å². The van der Waals surface area contributed by atoms with Gasteiger partial charge < -0.3 is 5.32 Å². The molecule has 0 aliphatic carbocycles. The van der Waals surface area contributed by atoms with Crippen LogP contribution in [-0.4, -0.2) is 16.3 Å². The lowest BCUT2D eigenvalue weighted by molar-refractivity contribution is 0.624. The summed E-state index contributed by atoms with van der Waals surface area (Å²) >= 11 is 0. The minimum Gasteiger partial charge on any atom is -0.306 e. The Kier molecular flexibility index (Phi) is 3.82. The van der Waals surface area contributed by atoms with E-state index < -0.39 is 0 Å². The Balaban J connectivity index is 2.39. The zero-order valence-electron chi connectivity index (χ0n) is 11.6. The quantitative estimate of drug-likeness (QED) is 0.895. The predicted molar refractivity (Wildman–Crippen MR) is 74.6 cm³/mol. The highest BCUT2D eigenvalue weighted by Crippen LogP contribution is 2.24. The molecule has 96 valence electrons. The monoisotopic (exact) mass is 243 g/mol. The van der Waals surface area contributed by atoms with E-state index in [-0.39, 0.29) is 6.04 Å². The molecule has 3 heteroatoms. The average Bonchev–Trinajstić information content (AvgIpc) is 2.69. The molecule has 0 fully saturated rings. The van der Waals surface area contributed by atoms with Crippen molar-refractivity contribution in [3.8, 4) is 0 Å². The fourth-order valence-corrected chi connectivity index (χ4v) is 2.17. The first-order valence-corrected chi connectivity index (χ1v) is 6.42. The summed E-state index contributed by atoms with van der Waals surface area (Å²) in [5, 5.41) is 7.87. The number of nitrogens with zero attached hydrogens (tertiary/aromatic N) is 2. The maximum atomic E-state index is 4.34. The Morgan fingerprint density at radius 2 is 1.89 bits per heavy atom. The van der Waals surface area contributed by atoms with Crippen LogP contribution in [0, 0.1) is 13.8 Å². The van der Waals surface area contributed by atoms with Gasteiger partial charge in [0.25, 0.3) is 0 Å². The number of nitrogens with one attached hydrogen (secondary N) is 1. The highest BCUT2D eigenvalue weighted by atomic mass is 15.3. The van der Waals surface area contributed by atoms with Crippen LogP contribution in [0.4, 0.5) is 0 Å². The topological polar surface area (TPSA) is 29.9 Å². The lowest BCUT2D eigenvalue weighted by atomic mass is 9.98. The van der Waals surface area contributed by atoms with E-state index in [1.54, 1.807) is 0 Å².